The summed E-state index contributed by atoms with van der Waals surface area (Å²) in [5.41, 5.74) is -0.484. The molecule has 2 aliphatic rings. The summed E-state index contributed by atoms with van der Waals surface area (Å²) in [6.07, 6.45) is 2.44. The number of carbonyl (C=O) groups is 2. The molecular formula is C17H31N3O4. The Hall–Kier alpha value is -1.34. The van der Waals surface area contributed by atoms with Crippen LogP contribution in [0.15, 0.2) is 0 Å². The molecule has 2 heterocycles. The lowest BCUT2D eigenvalue weighted by Gasteiger charge is -2.41. The fourth-order valence-corrected chi connectivity index (χ4v) is 3.24. The topological polar surface area (TPSA) is 71.1 Å². The number of ether oxygens (including phenoxy) is 2. The molecule has 7 heteroatoms. The van der Waals surface area contributed by atoms with Crippen molar-refractivity contribution in [2.75, 3.05) is 39.8 Å². The molecule has 0 aromatic heterocycles. The van der Waals surface area contributed by atoms with Gasteiger partial charge in [0.15, 0.2) is 0 Å². The van der Waals surface area contributed by atoms with E-state index < -0.39 is 11.7 Å². The van der Waals surface area contributed by atoms with Gasteiger partial charge in [-0.05, 0) is 40.0 Å². The first-order valence-electron chi connectivity index (χ1n) is 8.85. The molecule has 2 aliphatic heterocycles. The van der Waals surface area contributed by atoms with Crippen LogP contribution in [0.3, 0.4) is 0 Å². The zero-order valence-electron chi connectivity index (χ0n) is 15.3. The number of hydrogen-bond acceptors (Lipinski definition) is 5. The SMILES string of the molecule is CNC(=O)C1CN(CC2CCCCN2C(=O)OC(C)(C)C)CCO1. The number of nitrogens with zero attached hydrogens (tertiary/aromatic N) is 2. The Balaban J connectivity index is 1.95. The maximum Gasteiger partial charge on any atom is 0.410 e. The Morgan fingerprint density at radius 3 is 2.67 bits per heavy atom. The quantitative estimate of drug-likeness (QED) is 0.836. The van der Waals surface area contributed by atoms with Gasteiger partial charge in [0.2, 0.25) is 5.91 Å². The lowest BCUT2D eigenvalue weighted by Crippen LogP contribution is -2.55. The van der Waals surface area contributed by atoms with Gasteiger partial charge in [0.25, 0.3) is 0 Å². The van der Waals surface area contributed by atoms with Gasteiger partial charge in [0.05, 0.1) is 6.61 Å². The summed E-state index contributed by atoms with van der Waals surface area (Å²) in [5.74, 6) is -0.0904. The van der Waals surface area contributed by atoms with Gasteiger partial charge in [0.1, 0.15) is 11.7 Å². The third kappa shape index (κ3) is 5.34. The normalized spacial score (nSPS) is 26.1. The second-order valence-electron chi connectivity index (χ2n) is 7.56. The number of nitrogens with one attached hydrogen (secondary N) is 1. The molecule has 2 atom stereocenters. The number of amides is 2. The molecule has 7 nitrogen and oxygen atoms in total. The number of carbonyl (C=O) groups excluding carboxylic acids is 2. The molecule has 2 fully saturated rings. The van der Waals surface area contributed by atoms with Crippen molar-refractivity contribution in [2.45, 2.75) is 57.8 Å². The Morgan fingerprint density at radius 2 is 2.00 bits per heavy atom. The molecule has 2 rings (SSSR count). The summed E-state index contributed by atoms with van der Waals surface area (Å²) in [7, 11) is 1.62. The molecule has 0 spiro atoms. The molecule has 2 saturated heterocycles. The largest absolute Gasteiger partial charge is 0.444 e. The Kier molecular flexibility index (Phi) is 6.46. The Bertz CT molecular complexity index is 450. The van der Waals surface area contributed by atoms with E-state index in [1.807, 2.05) is 25.7 Å². The lowest BCUT2D eigenvalue weighted by molar-refractivity contribution is -0.138. The summed E-state index contributed by atoms with van der Waals surface area (Å²) in [4.78, 5) is 28.3. The highest BCUT2D eigenvalue weighted by Crippen LogP contribution is 2.22. The van der Waals surface area contributed by atoms with Crippen LogP contribution in [0.1, 0.15) is 40.0 Å². The fourth-order valence-electron chi connectivity index (χ4n) is 3.24. The minimum Gasteiger partial charge on any atom is -0.444 e. The van der Waals surface area contributed by atoms with Crippen LogP contribution in [0.25, 0.3) is 0 Å². The van der Waals surface area contributed by atoms with E-state index in [2.05, 4.69) is 10.2 Å². The van der Waals surface area contributed by atoms with Crippen LogP contribution < -0.4 is 5.32 Å². The van der Waals surface area contributed by atoms with E-state index in [1.165, 1.54) is 0 Å². The smallest absolute Gasteiger partial charge is 0.410 e. The number of likely N-dealkylation sites (N-methyl/N-ethyl adjacent to an activating group) is 1. The van der Waals surface area contributed by atoms with Gasteiger partial charge in [-0.25, -0.2) is 4.79 Å². The predicted octanol–water partition coefficient (Wildman–Crippen LogP) is 1.22. The van der Waals surface area contributed by atoms with Gasteiger partial charge in [-0.1, -0.05) is 0 Å². The van der Waals surface area contributed by atoms with Gasteiger partial charge in [-0.3, -0.25) is 9.69 Å². The molecular weight excluding hydrogens is 310 g/mol. The number of piperidine rings is 1. The van der Waals surface area contributed by atoms with Crippen molar-refractivity contribution in [3.8, 4) is 0 Å². The van der Waals surface area contributed by atoms with E-state index >= 15 is 0 Å². The van der Waals surface area contributed by atoms with E-state index in [0.29, 0.717) is 13.2 Å². The van der Waals surface area contributed by atoms with Crippen LogP contribution in [-0.4, -0.2) is 79.4 Å². The van der Waals surface area contributed by atoms with Crippen LogP contribution in [0.4, 0.5) is 4.79 Å². The highest BCUT2D eigenvalue weighted by Gasteiger charge is 2.33. The highest BCUT2D eigenvalue weighted by atomic mass is 16.6. The third-order valence-electron chi connectivity index (χ3n) is 4.41. The second-order valence-corrected chi connectivity index (χ2v) is 7.56. The van der Waals surface area contributed by atoms with Crippen LogP contribution in [0, 0.1) is 0 Å². The van der Waals surface area contributed by atoms with Crippen molar-refractivity contribution in [1.82, 2.24) is 15.1 Å². The maximum atomic E-state index is 12.5. The van der Waals surface area contributed by atoms with E-state index in [9.17, 15) is 9.59 Å². The molecule has 0 aromatic rings. The molecule has 2 unspecified atom stereocenters. The number of hydrogen-bond donors (Lipinski definition) is 1. The summed E-state index contributed by atoms with van der Waals surface area (Å²) in [5, 5.41) is 2.64. The number of morpholine rings is 1. The molecule has 2 amide bonds. The van der Waals surface area contributed by atoms with E-state index in [4.69, 9.17) is 9.47 Å². The van der Waals surface area contributed by atoms with Crippen LogP contribution in [-0.2, 0) is 14.3 Å². The standard InChI is InChI=1S/C17H31N3O4/c1-17(2,3)24-16(22)20-8-6-5-7-13(20)11-19-9-10-23-14(12-19)15(21)18-4/h13-14H,5-12H2,1-4H3,(H,18,21). The number of rotatable bonds is 3. The van der Waals surface area contributed by atoms with Crippen molar-refractivity contribution < 1.29 is 19.1 Å². The first-order chi connectivity index (χ1) is 11.3. The van der Waals surface area contributed by atoms with Crippen molar-refractivity contribution in [3.05, 3.63) is 0 Å². The summed E-state index contributed by atoms with van der Waals surface area (Å²) < 4.78 is 11.1. The average molecular weight is 341 g/mol. The maximum absolute atomic E-state index is 12.5. The van der Waals surface area contributed by atoms with Crippen molar-refractivity contribution >= 4 is 12.0 Å². The first kappa shape index (κ1) is 19.0. The summed E-state index contributed by atoms with van der Waals surface area (Å²) in [6, 6.07) is 0.136. The third-order valence-corrected chi connectivity index (χ3v) is 4.41. The average Bonchev–Trinajstić information content (AvgIpc) is 2.53. The minimum absolute atomic E-state index is 0.0904. The molecule has 0 aliphatic carbocycles. The van der Waals surface area contributed by atoms with Gasteiger partial charge < -0.3 is 19.7 Å². The Labute approximate surface area is 144 Å². The summed E-state index contributed by atoms with van der Waals surface area (Å²) in [6.45, 7) is 9.06. The minimum atomic E-state index is -0.484. The molecule has 0 radical (unpaired) electrons. The zero-order chi connectivity index (χ0) is 17.7. The van der Waals surface area contributed by atoms with Gasteiger partial charge in [-0.2, -0.15) is 0 Å². The van der Waals surface area contributed by atoms with Crippen LogP contribution in [0.2, 0.25) is 0 Å². The van der Waals surface area contributed by atoms with Crippen molar-refractivity contribution in [1.29, 1.82) is 0 Å². The molecule has 138 valence electrons. The zero-order valence-corrected chi connectivity index (χ0v) is 15.3. The first-order valence-corrected chi connectivity index (χ1v) is 8.85. The molecule has 0 saturated carbocycles. The predicted molar refractivity (Wildman–Crippen MR) is 90.8 cm³/mol. The van der Waals surface area contributed by atoms with Crippen molar-refractivity contribution in [3.63, 3.8) is 0 Å². The van der Waals surface area contributed by atoms with Crippen molar-refractivity contribution in [2.24, 2.45) is 0 Å². The molecule has 0 aromatic carbocycles. The van der Waals surface area contributed by atoms with Gasteiger partial charge in [0, 0.05) is 39.3 Å². The fraction of sp³-hybridized carbons (Fsp3) is 0.882. The van der Waals surface area contributed by atoms with E-state index in [1.54, 1.807) is 7.05 Å². The highest BCUT2D eigenvalue weighted by molar-refractivity contribution is 5.80. The molecule has 24 heavy (non-hydrogen) atoms. The summed E-state index contributed by atoms with van der Waals surface area (Å²) >= 11 is 0. The van der Waals surface area contributed by atoms with Crippen LogP contribution >= 0.6 is 0 Å². The van der Waals surface area contributed by atoms with E-state index in [-0.39, 0.29) is 18.0 Å². The van der Waals surface area contributed by atoms with Gasteiger partial charge in [-0.15, -0.1) is 0 Å². The number of likely N-dealkylation sites (tertiary alicyclic amines) is 1. The van der Waals surface area contributed by atoms with Gasteiger partial charge >= 0.3 is 6.09 Å². The molecule has 1 N–H and O–H groups in total. The van der Waals surface area contributed by atoms with E-state index in [0.717, 1.165) is 38.9 Å². The molecule has 0 bridgehead atoms. The Morgan fingerprint density at radius 1 is 1.25 bits per heavy atom. The second kappa shape index (κ2) is 8.16. The lowest BCUT2D eigenvalue weighted by atomic mass is 10.0. The monoisotopic (exact) mass is 341 g/mol. The van der Waals surface area contributed by atoms with Crippen LogP contribution in [0.5, 0.6) is 0 Å².